The lowest BCUT2D eigenvalue weighted by Gasteiger charge is -2.31. The summed E-state index contributed by atoms with van der Waals surface area (Å²) in [5.41, 5.74) is 1.76. The molecule has 3 nitrogen and oxygen atoms in total. The van der Waals surface area contributed by atoms with Crippen LogP contribution in [-0.4, -0.2) is 19.2 Å². The summed E-state index contributed by atoms with van der Waals surface area (Å²) < 4.78 is 5.28. The Kier molecular flexibility index (Phi) is 3.76. The molecule has 2 unspecified atom stereocenters. The van der Waals surface area contributed by atoms with Crippen LogP contribution in [-0.2, 0) is 0 Å². The third-order valence-electron chi connectivity index (χ3n) is 3.86. The van der Waals surface area contributed by atoms with Crippen molar-refractivity contribution in [3.05, 3.63) is 23.8 Å². The van der Waals surface area contributed by atoms with E-state index in [1.165, 1.54) is 12.8 Å². The van der Waals surface area contributed by atoms with Gasteiger partial charge in [0, 0.05) is 18.2 Å². The number of hydrogen-bond acceptors (Lipinski definition) is 3. The molecule has 18 heavy (non-hydrogen) atoms. The van der Waals surface area contributed by atoms with Crippen LogP contribution in [0.2, 0.25) is 0 Å². The minimum atomic E-state index is 0.495. The van der Waals surface area contributed by atoms with Gasteiger partial charge in [0.15, 0.2) is 0 Å². The van der Waals surface area contributed by atoms with E-state index in [1.54, 1.807) is 7.11 Å². The zero-order valence-corrected chi connectivity index (χ0v) is 11.3. The molecule has 1 heterocycles. The third kappa shape index (κ3) is 2.15. The zero-order chi connectivity index (χ0) is 13.1. The highest BCUT2D eigenvalue weighted by Crippen LogP contribution is 2.35. The van der Waals surface area contributed by atoms with E-state index >= 15 is 0 Å². The Labute approximate surface area is 109 Å². The number of rotatable bonds is 3. The van der Waals surface area contributed by atoms with Crippen LogP contribution in [0.5, 0.6) is 5.75 Å². The second kappa shape index (κ2) is 5.30. The van der Waals surface area contributed by atoms with E-state index in [4.69, 9.17) is 4.74 Å². The molecule has 0 aliphatic carbocycles. The van der Waals surface area contributed by atoms with E-state index in [2.05, 4.69) is 24.8 Å². The van der Waals surface area contributed by atoms with E-state index in [-0.39, 0.29) is 0 Å². The molecule has 2 rings (SSSR count). The Bertz CT molecular complexity index is 464. The van der Waals surface area contributed by atoms with E-state index in [1.807, 2.05) is 18.2 Å². The molecule has 1 aromatic rings. The number of anilines is 1. The van der Waals surface area contributed by atoms with Crippen LogP contribution >= 0.6 is 0 Å². The van der Waals surface area contributed by atoms with E-state index in [0.29, 0.717) is 12.1 Å². The lowest BCUT2D eigenvalue weighted by molar-refractivity contribution is 0.414. The minimum absolute atomic E-state index is 0.495. The average molecular weight is 244 g/mol. The molecule has 1 aliphatic heterocycles. The molecule has 0 bridgehead atoms. The first-order valence-corrected chi connectivity index (χ1v) is 6.57. The molecular weight excluding hydrogens is 224 g/mol. The highest BCUT2D eigenvalue weighted by atomic mass is 16.5. The van der Waals surface area contributed by atoms with Crippen LogP contribution in [0.1, 0.15) is 38.7 Å². The Hall–Kier alpha value is -1.69. The van der Waals surface area contributed by atoms with Crippen molar-refractivity contribution < 1.29 is 4.74 Å². The van der Waals surface area contributed by atoms with Gasteiger partial charge in [0.2, 0.25) is 0 Å². The molecule has 1 fully saturated rings. The van der Waals surface area contributed by atoms with E-state index in [0.717, 1.165) is 23.4 Å². The maximum Gasteiger partial charge on any atom is 0.121 e. The summed E-state index contributed by atoms with van der Waals surface area (Å²) in [6.45, 7) is 4.44. The molecule has 0 amide bonds. The van der Waals surface area contributed by atoms with Crippen LogP contribution < -0.4 is 9.64 Å². The second-order valence-corrected chi connectivity index (χ2v) is 4.89. The summed E-state index contributed by atoms with van der Waals surface area (Å²) >= 11 is 0. The van der Waals surface area contributed by atoms with Gasteiger partial charge in [-0.25, -0.2) is 0 Å². The van der Waals surface area contributed by atoms with Gasteiger partial charge >= 0.3 is 0 Å². The molecule has 1 aromatic carbocycles. The molecule has 0 N–H and O–H groups in total. The summed E-state index contributed by atoms with van der Waals surface area (Å²) in [4.78, 5) is 2.39. The lowest BCUT2D eigenvalue weighted by atomic mass is 10.1. The minimum Gasteiger partial charge on any atom is -0.497 e. The van der Waals surface area contributed by atoms with Gasteiger partial charge in [-0.1, -0.05) is 6.92 Å². The van der Waals surface area contributed by atoms with Crippen molar-refractivity contribution in [3.63, 3.8) is 0 Å². The summed E-state index contributed by atoms with van der Waals surface area (Å²) in [5.74, 6) is 0.818. The van der Waals surface area contributed by atoms with Crippen molar-refractivity contribution >= 4 is 5.69 Å². The number of hydrogen-bond donors (Lipinski definition) is 0. The fourth-order valence-corrected chi connectivity index (χ4v) is 2.85. The van der Waals surface area contributed by atoms with Gasteiger partial charge in [-0.15, -0.1) is 0 Å². The predicted molar refractivity (Wildman–Crippen MR) is 73.0 cm³/mol. The standard InChI is InChI=1S/C15H20N2O/c1-4-13-7-5-11(2)17(13)15-9-14(18-3)8-6-12(15)10-16/h6,8-9,11,13H,4-5,7H2,1-3H3. The summed E-state index contributed by atoms with van der Waals surface area (Å²) in [6, 6.07) is 9.02. The summed E-state index contributed by atoms with van der Waals surface area (Å²) in [7, 11) is 1.66. The molecule has 0 saturated carbocycles. The smallest absolute Gasteiger partial charge is 0.121 e. The Morgan fingerprint density at radius 3 is 2.83 bits per heavy atom. The van der Waals surface area contributed by atoms with Crippen LogP contribution in [0, 0.1) is 11.3 Å². The average Bonchev–Trinajstić information content (AvgIpc) is 2.78. The van der Waals surface area contributed by atoms with Gasteiger partial charge in [0.25, 0.3) is 0 Å². The largest absolute Gasteiger partial charge is 0.497 e. The molecule has 2 atom stereocenters. The monoisotopic (exact) mass is 244 g/mol. The van der Waals surface area contributed by atoms with Crippen LogP contribution in [0.15, 0.2) is 18.2 Å². The number of benzene rings is 1. The van der Waals surface area contributed by atoms with E-state index in [9.17, 15) is 5.26 Å². The molecule has 3 heteroatoms. The fourth-order valence-electron chi connectivity index (χ4n) is 2.85. The summed E-state index contributed by atoms with van der Waals surface area (Å²) in [6.07, 6.45) is 3.52. The SMILES string of the molecule is CCC1CCC(C)N1c1cc(OC)ccc1C#N. The zero-order valence-electron chi connectivity index (χ0n) is 11.3. The quantitative estimate of drug-likeness (QED) is 0.818. The van der Waals surface area contributed by atoms with Crippen molar-refractivity contribution in [2.75, 3.05) is 12.0 Å². The number of nitrogens with zero attached hydrogens (tertiary/aromatic N) is 2. The van der Waals surface area contributed by atoms with Crippen molar-refractivity contribution in [2.24, 2.45) is 0 Å². The number of ether oxygens (including phenoxy) is 1. The van der Waals surface area contributed by atoms with Crippen molar-refractivity contribution in [1.29, 1.82) is 5.26 Å². The van der Waals surface area contributed by atoms with Gasteiger partial charge in [-0.05, 0) is 38.3 Å². The Morgan fingerprint density at radius 1 is 1.44 bits per heavy atom. The first kappa shape index (κ1) is 12.8. The van der Waals surface area contributed by atoms with Gasteiger partial charge in [0.1, 0.15) is 11.8 Å². The molecule has 0 radical (unpaired) electrons. The molecule has 0 spiro atoms. The van der Waals surface area contributed by atoms with E-state index < -0.39 is 0 Å². The van der Waals surface area contributed by atoms with Gasteiger partial charge in [-0.2, -0.15) is 5.26 Å². The molecule has 1 aliphatic rings. The van der Waals surface area contributed by atoms with Gasteiger partial charge < -0.3 is 9.64 Å². The number of nitriles is 1. The van der Waals surface area contributed by atoms with Crippen molar-refractivity contribution in [2.45, 2.75) is 45.2 Å². The highest BCUT2D eigenvalue weighted by Gasteiger charge is 2.31. The predicted octanol–water partition coefficient (Wildman–Crippen LogP) is 3.33. The Morgan fingerprint density at radius 2 is 2.22 bits per heavy atom. The molecule has 1 saturated heterocycles. The van der Waals surface area contributed by atoms with Crippen LogP contribution in [0.25, 0.3) is 0 Å². The maximum atomic E-state index is 9.27. The molecule has 96 valence electrons. The third-order valence-corrected chi connectivity index (χ3v) is 3.86. The number of methoxy groups -OCH3 is 1. The normalized spacial score (nSPS) is 22.9. The lowest BCUT2D eigenvalue weighted by Crippen LogP contribution is -2.34. The molecular formula is C15H20N2O. The van der Waals surface area contributed by atoms with Gasteiger partial charge in [0.05, 0.1) is 18.4 Å². The second-order valence-electron chi connectivity index (χ2n) is 4.89. The first-order chi connectivity index (χ1) is 8.71. The van der Waals surface area contributed by atoms with Crippen molar-refractivity contribution in [1.82, 2.24) is 0 Å². The maximum absolute atomic E-state index is 9.27. The fraction of sp³-hybridized carbons (Fsp3) is 0.533. The highest BCUT2D eigenvalue weighted by molar-refractivity contribution is 5.63. The van der Waals surface area contributed by atoms with Crippen LogP contribution in [0.4, 0.5) is 5.69 Å². The van der Waals surface area contributed by atoms with Crippen LogP contribution in [0.3, 0.4) is 0 Å². The topological polar surface area (TPSA) is 36.3 Å². The Balaban J connectivity index is 2.44. The van der Waals surface area contributed by atoms with Gasteiger partial charge in [-0.3, -0.25) is 0 Å². The van der Waals surface area contributed by atoms with Crippen molar-refractivity contribution in [3.8, 4) is 11.8 Å². The first-order valence-electron chi connectivity index (χ1n) is 6.57. The summed E-state index contributed by atoms with van der Waals surface area (Å²) in [5, 5.41) is 9.27. The molecule has 0 aromatic heterocycles.